The predicted octanol–water partition coefficient (Wildman–Crippen LogP) is 2.78. The van der Waals surface area contributed by atoms with E-state index in [1.54, 1.807) is 0 Å². The first-order valence-corrected chi connectivity index (χ1v) is 7.89. The number of hydrogen-bond acceptors (Lipinski definition) is 2. The summed E-state index contributed by atoms with van der Waals surface area (Å²) in [6.45, 7) is 4.03. The van der Waals surface area contributed by atoms with Crippen LogP contribution in [0.15, 0.2) is 0 Å². The monoisotopic (exact) mass is 236 g/mol. The maximum atomic E-state index is 3.72. The van der Waals surface area contributed by atoms with Crippen molar-refractivity contribution in [3.8, 4) is 0 Å². The van der Waals surface area contributed by atoms with Gasteiger partial charge in [-0.15, -0.1) is 0 Å². The number of rotatable bonds is 5. The average molecular weight is 236 g/mol. The maximum absolute atomic E-state index is 3.72. The fourth-order valence-corrected chi connectivity index (χ4v) is 3.66. The van der Waals surface area contributed by atoms with Gasteiger partial charge < -0.3 is 5.32 Å². The molecule has 1 atom stereocenters. The Morgan fingerprint density at radius 3 is 2.47 bits per heavy atom. The highest BCUT2D eigenvalue weighted by atomic mass is 15.2. The third kappa shape index (κ3) is 3.45. The summed E-state index contributed by atoms with van der Waals surface area (Å²) in [4.78, 5) is 2.80. The van der Waals surface area contributed by atoms with Gasteiger partial charge in [-0.05, 0) is 51.0 Å². The molecule has 17 heavy (non-hydrogen) atoms. The first-order chi connectivity index (χ1) is 8.42. The summed E-state index contributed by atoms with van der Waals surface area (Å²) in [5, 5.41) is 3.72. The van der Waals surface area contributed by atoms with E-state index in [4.69, 9.17) is 0 Å². The number of likely N-dealkylation sites (tertiary alicyclic amines) is 1. The van der Waals surface area contributed by atoms with Gasteiger partial charge in [0.05, 0.1) is 0 Å². The number of hydrogen-bond donors (Lipinski definition) is 1. The van der Waals surface area contributed by atoms with Crippen LogP contribution in [0.5, 0.6) is 0 Å². The van der Waals surface area contributed by atoms with Crippen LogP contribution in [0.4, 0.5) is 0 Å². The van der Waals surface area contributed by atoms with Crippen molar-refractivity contribution >= 4 is 0 Å². The van der Waals surface area contributed by atoms with E-state index in [2.05, 4.69) is 10.2 Å². The van der Waals surface area contributed by atoms with Crippen LogP contribution in [0, 0.1) is 5.92 Å². The molecule has 0 aromatic heterocycles. The first-order valence-electron chi connectivity index (χ1n) is 7.89. The van der Waals surface area contributed by atoms with Crippen LogP contribution >= 0.6 is 0 Å². The van der Waals surface area contributed by atoms with Crippen molar-refractivity contribution in [1.29, 1.82) is 0 Å². The van der Waals surface area contributed by atoms with Crippen LogP contribution in [0.25, 0.3) is 0 Å². The summed E-state index contributed by atoms with van der Waals surface area (Å²) in [6, 6.07) is 1.74. The van der Waals surface area contributed by atoms with Gasteiger partial charge in [-0.1, -0.05) is 19.3 Å². The van der Waals surface area contributed by atoms with E-state index in [9.17, 15) is 0 Å². The molecule has 0 bridgehead atoms. The molecule has 1 saturated heterocycles. The fourth-order valence-electron chi connectivity index (χ4n) is 3.66. The minimum absolute atomic E-state index is 0.859. The highest BCUT2D eigenvalue weighted by molar-refractivity contribution is 4.87. The van der Waals surface area contributed by atoms with E-state index in [-0.39, 0.29) is 0 Å². The summed E-state index contributed by atoms with van der Waals surface area (Å²) < 4.78 is 0. The third-order valence-corrected chi connectivity index (χ3v) is 4.94. The Balaban J connectivity index is 1.43. The molecule has 1 heterocycles. The predicted molar refractivity (Wildman–Crippen MR) is 72.2 cm³/mol. The SMILES string of the molecule is C1CCC(CN2CCCC2CNC2CC2)CC1. The minimum atomic E-state index is 0.859. The second-order valence-electron chi connectivity index (χ2n) is 6.48. The van der Waals surface area contributed by atoms with Crippen LogP contribution in [0.2, 0.25) is 0 Å². The molecule has 1 aliphatic heterocycles. The van der Waals surface area contributed by atoms with Crippen LogP contribution < -0.4 is 5.32 Å². The van der Waals surface area contributed by atoms with Crippen LogP contribution in [0.3, 0.4) is 0 Å². The lowest BCUT2D eigenvalue weighted by atomic mass is 9.89. The van der Waals surface area contributed by atoms with Gasteiger partial charge in [0.25, 0.3) is 0 Å². The standard InChI is InChI=1S/C15H28N2/c1-2-5-13(6-3-1)12-17-10-4-7-15(17)11-16-14-8-9-14/h13-16H,1-12H2. The molecule has 2 heteroatoms. The molecule has 0 amide bonds. The summed E-state index contributed by atoms with van der Waals surface area (Å²) in [5.74, 6) is 1.02. The van der Waals surface area contributed by atoms with Gasteiger partial charge in [0, 0.05) is 25.2 Å². The fraction of sp³-hybridized carbons (Fsp3) is 1.00. The zero-order valence-electron chi connectivity index (χ0n) is 11.2. The van der Waals surface area contributed by atoms with Crippen LogP contribution in [-0.4, -0.2) is 36.6 Å². The molecule has 3 aliphatic rings. The van der Waals surface area contributed by atoms with Crippen molar-refractivity contribution in [2.75, 3.05) is 19.6 Å². The zero-order chi connectivity index (χ0) is 11.5. The highest BCUT2D eigenvalue weighted by Crippen LogP contribution is 2.28. The van der Waals surface area contributed by atoms with Crippen LogP contribution in [-0.2, 0) is 0 Å². The Labute approximate surface area is 106 Å². The summed E-state index contributed by atoms with van der Waals surface area (Å²) in [7, 11) is 0. The lowest BCUT2D eigenvalue weighted by Crippen LogP contribution is -2.41. The first kappa shape index (κ1) is 12.0. The molecule has 1 unspecified atom stereocenters. The van der Waals surface area contributed by atoms with E-state index in [0.29, 0.717) is 0 Å². The molecule has 1 N–H and O–H groups in total. The maximum Gasteiger partial charge on any atom is 0.0221 e. The van der Waals surface area contributed by atoms with Crippen molar-refractivity contribution in [2.24, 2.45) is 5.92 Å². The lowest BCUT2D eigenvalue weighted by Gasteiger charge is -2.31. The second-order valence-corrected chi connectivity index (χ2v) is 6.48. The molecule has 0 spiro atoms. The lowest BCUT2D eigenvalue weighted by molar-refractivity contribution is 0.184. The molecule has 2 saturated carbocycles. The van der Waals surface area contributed by atoms with Gasteiger partial charge in [-0.2, -0.15) is 0 Å². The molecule has 0 aromatic rings. The average Bonchev–Trinajstić information content (AvgIpc) is 3.09. The highest BCUT2D eigenvalue weighted by Gasteiger charge is 2.29. The van der Waals surface area contributed by atoms with E-state index >= 15 is 0 Å². The normalized spacial score (nSPS) is 32.1. The Bertz CT molecular complexity index is 231. The van der Waals surface area contributed by atoms with Crippen molar-refractivity contribution in [2.45, 2.75) is 69.9 Å². The third-order valence-electron chi connectivity index (χ3n) is 4.94. The van der Waals surface area contributed by atoms with Crippen molar-refractivity contribution in [3.05, 3.63) is 0 Å². The summed E-state index contributed by atoms with van der Waals surface area (Å²) >= 11 is 0. The summed E-state index contributed by atoms with van der Waals surface area (Å²) in [5.41, 5.74) is 0. The molecule has 0 aromatic carbocycles. The Morgan fingerprint density at radius 1 is 0.882 bits per heavy atom. The quantitative estimate of drug-likeness (QED) is 0.789. The largest absolute Gasteiger partial charge is 0.312 e. The van der Waals surface area contributed by atoms with Gasteiger partial charge in [-0.3, -0.25) is 4.90 Å². The minimum Gasteiger partial charge on any atom is -0.312 e. The van der Waals surface area contributed by atoms with Gasteiger partial charge in [0.1, 0.15) is 0 Å². The molecule has 3 rings (SSSR count). The van der Waals surface area contributed by atoms with Gasteiger partial charge in [0.2, 0.25) is 0 Å². The molecular weight excluding hydrogens is 208 g/mol. The van der Waals surface area contributed by atoms with Crippen molar-refractivity contribution in [3.63, 3.8) is 0 Å². The molecule has 2 nitrogen and oxygen atoms in total. The van der Waals surface area contributed by atoms with E-state index in [1.165, 1.54) is 77.4 Å². The Morgan fingerprint density at radius 2 is 1.71 bits per heavy atom. The van der Waals surface area contributed by atoms with Gasteiger partial charge in [-0.25, -0.2) is 0 Å². The van der Waals surface area contributed by atoms with Crippen LogP contribution in [0.1, 0.15) is 57.8 Å². The topological polar surface area (TPSA) is 15.3 Å². The molecule has 0 radical (unpaired) electrons. The number of nitrogens with one attached hydrogen (secondary N) is 1. The van der Waals surface area contributed by atoms with Crippen molar-refractivity contribution in [1.82, 2.24) is 10.2 Å². The second kappa shape index (κ2) is 5.71. The van der Waals surface area contributed by atoms with Gasteiger partial charge >= 0.3 is 0 Å². The zero-order valence-corrected chi connectivity index (χ0v) is 11.2. The number of nitrogens with zero attached hydrogens (tertiary/aromatic N) is 1. The van der Waals surface area contributed by atoms with Gasteiger partial charge in [0.15, 0.2) is 0 Å². The van der Waals surface area contributed by atoms with Crippen molar-refractivity contribution < 1.29 is 0 Å². The van der Waals surface area contributed by atoms with E-state index in [0.717, 1.165) is 18.0 Å². The van der Waals surface area contributed by atoms with E-state index < -0.39 is 0 Å². The Hall–Kier alpha value is -0.0800. The summed E-state index contributed by atoms with van der Waals surface area (Å²) in [6.07, 6.45) is 13.2. The molecule has 98 valence electrons. The Kier molecular flexibility index (Phi) is 4.02. The van der Waals surface area contributed by atoms with E-state index in [1.807, 2.05) is 0 Å². The molecule has 2 aliphatic carbocycles. The smallest absolute Gasteiger partial charge is 0.0221 e. The molecule has 3 fully saturated rings. The molecular formula is C15H28N2.